The minimum absolute atomic E-state index is 0.0658. The average Bonchev–Trinajstić information content (AvgIpc) is 3.19. The van der Waals surface area contributed by atoms with Crippen molar-refractivity contribution in [2.75, 3.05) is 12.8 Å². The van der Waals surface area contributed by atoms with Crippen LogP contribution in [-0.2, 0) is 4.79 Å². The van der Waals surface area contributed by atoms with Crippen LogP contribution >= 0.6 is 11.8 Å². The van der Waals surface area contributed by atoms with E-state index >= 15 is 0 Å². The van der Waals surface area contributed by atoms with E-state index < -0.39 is 0 Å². The first-order chi connectivity index (χ1) is 8.58. The monoisotopic (exact) mass is 263 g/mol. The molecule has 3 nitrogen and oxygen atoms in total. The quantitative estimate of drug-likeness (QED) is 0.605. The normalized spacial score (nSPS) is 14.3. The van der Waals surface area contributed by atoms with Gasteiger partial charge in [-0.3, -0.25) is 9.59 Å². The highest BCUT2D eigenvalue weighted by Gasteiger charge is 2.29. The first-order valence-electron chi connectivity index (χ1n) is 6.07. The van der Waals surface area contributed by atoms with Gasteiger partial charge in [0.1, 0.15) is 0 Å². The van der Waals surface area contributed by atoms with E-state index in [9.17, 15) is 9.59 Å². The molecule has 0 aliphatic heterocycles. The van der Waals surface area contributed by atoms with Crippen molar-refractivity contribution in [3.05, 3.63) is 29.8 Å². The van der Waals surface area contributed by atoms with Crippen LogP contribution in [0, 0.1) is 0 Å². The van der Waals surface area contributed by atoms with E-state index in [-0.39, 0.29) is 11.7 Å². The lowest BCUT2D eigenvalue weighted by atomic mass is 10.2. The predicted molar refractivity (Wildman–Crippen MR) is 73.0 cm³/mol. The molecule has 1 aliphatic carbocycles. The Morgan fingerprint density at radius 1 is 1.28 bits per heavy atom. The second-order valence-electron chi connectivity index (χ2n) is 4.61. The third-order valence-corrected chi connectivity index (χ3v) is 4.11. The molecule has 4 heteroatoms. The standard InChI is InChI=1S/C14H17NO2S/c1-10(16)11-3-7-13(8-4-11)18-9-14(17)15(2)12-5-6-12/h3-4,7-8,12H,5-6,9H2,1-2H3. The Morgan fingerprint density at radius 2 is 1.89 bits per heavy atom. The average molecular weight is 263 g/mol. The zero-order chi connectivity index (χ0) is 13.1. The summed E-state index contributed by atoms with van der Waals surface area (Å²) in [4.78, 5) is 25.8. The molecule has 1 fully saturated rings. The van der Waals surface area contributed by atoms with Crippen molar-refractivity contribution in [1.82, 2.24) is 4.90 Å². The summed E-state index contributed by atoms with van der Waals surface area (Å²) in [6.07, 6.45) is 2.28. The van der Waals surface area contributed by atoms with Crippen molar-refractivity contribution >= 4 is 23.5 Å². The number of Topliss-reactive ketones (excluding diaryl/α,β-unsaturated/α-hetero) is 1. The number of rotatable bonds is 5. The first kappa shape index (κ1) is 13.1. The topological polar surface area (TPSA) is 37.4 Å². The minimum Gasteiger partial charge on any atom is -0.342 e. The number of thioether (sulfide) groups is 1. The number of carbonyl (C=O) groups excluding carboxylic acids is 2. The van der Waals surface area contributed by atoms with Crippen LogP contribution in [0.5, 0.6) is 0 Å². The van der Waals surface area contributed by atoms with E-state index in [1.54, 1.807) is 19.1 Å². The molecule has 0 aromatic heterocycles. The van der Waals surface area contributed by atoms with E-state index in [1.165, 1.54) is 11.8 Å². The number of nitrogens with zero attached hydrogens (tertiary/aromatic N) is 1. The van der Waals surface area contributed by atoms with Crippen LogP contribution in [0.3, 0.4) is 0 Å². The van der Waals surface area contributed by atoms with Crippen LogP contribution in [0.15, 0.2) is 29.2 Å². The van der Waals surface area contributed by atoms with Crippen molar-refractivity contribution < 1.29 is 9.59 Å². The van der Waals surface area contributed by atoms with E-state index in [4.69, 9.17) is 0 Å². The number of amides is 1. The van der Waals surface area contributed by atoms with Gasteiger partial charge >= 0.3 is 0 Å². The highest BCUT2D eigenvalue weighted by Crippen LogP contribution is 2.27. The molecule has 1 aliphatic rings. The third-order valence-electron chi connectivity index (χ3n) is 3.11. The lowest BCUT2D eigenvalue weighted by Crippen LogP contribution is -2.30. The van der Waals surface area contributed by atoms with Crippen LogP contribution in [0.25, 0.3) is 0 Å². The molecule has 0 unspecified atom stereocenters. The zero-order valence-corrected chi connectivity index (χ0v) is 11.5. The van der Waals surface area contributed by atoms with Crippen LogP contribution < -0.4 is 0 Å². The summed E-state index contributed by atoms with van der Waals surface area (Å²) in [5.41, 5.74) is 0.709. The number of benzene rings is 1. The molecule has 1 aromatic carbocycles. The molecule has 96 valence electrons. The largest absolute Gasteiger partial charge is 0.342 e. The molecule has 18 heavy (non-hydrogen) atoms. The van der Waals surface area contributed by atoms with Gasteiger partial charge in [0.05, 0.1) is 5.75 Å². The molecule has 1 saturated carbocycles. The number of ketones is 1. The summed E-state index contributed by atoms with van der Waals surface area (Å²) in [5.74, 6) is 0.709. The Balaban J connectivity index is 1.85. The van der Waals surface area contributed by atoms with E-state index in [1.807, 2.05) is 24.1 Å². The van der Waals surface area contributed by atoms with Crippen LogP contribution in [-0.4, -0.2) is 35.4 Å². The van der Waals surface area contributed by atoms with Gasteiger partial charge in [0.2, 0.25) is 5.91 Å². The van der Waals surface area contributed by atoms with E-state index in [0.29, 0.717) is 17.4 Å². The highest BCUT2D eigenvalue weighted by atomic mass is 32.2. The fourth-order valence-electron chi connectivity index (χ4n) is 1.70. The molecule has 1 amide bonds. The van der Waals surface area contributed by atoms with Gasteiger partial charge in [-0.1, -0.05) is 12.1 Å². The van der Waals surface area contributed by atoms with Crippen molar-refractivity contribution in [2.24, 2.45) is 0 Å². The lowest BCUT2D eigenvalue weighted by molar-refractivity contribution is -0.127. The van der Waals surface area contributed by atoms with Crippen LogP contribution in [0.2, 0.25) is 0 Å². The SMILES string of the molecule is CC(=O)c1ccc(SCC(=O)N(C)C2CC2)cc1. The highest BCUT2D eigenvalue weighted by molar-refractivity contribution is 8.00. The number of carbonyl (C=O) groups is 2. The van der Waals surface area contributed by atoms with Gasteiger partial charge in [-0.25, -0.2) is 0 Å². The van der Waals surface area contributed by atoms with Gasteiger partial charge in [-0.2, -0.15) is 0 Å². The zero-order valence-electron chi connectivity index (χ0n) is 10.7. The summed E-state index contributed by atoms with van der Waals surface area (Å²) in [5, 5.41) is 0. The molecule has 0 bridgehead atoms. The van der Waals surface area contributed by atoms with Gasteiger partial charge in [0.25, 0.3) is 0 Å². The van der Waals surface area contributed by atoms with E-state index in [2.05, 4.69) is 0 Å². The Bertz CT molecular complexity index is 451. The van der Waals surface area contributed by atoms with Crippen molar-refractivity contribution in [1.29, 1.82) is 0 Å². The summed E-state index contributed by atoms with van der Waals surface area (Å²) >= 11 is 1.52. The molecular weight excluding hydrogens is 246 g/mol. The third kappa shape index (κ3) is 3.35. The summed E-state index contributed by atoms with van der Waals surface area (Å²) in [6, 6.07) is 7.87. The van der Waals surface area contributed by atoms with Crippen molar-refractivity contribution in [3.63, 3.8) is 0 Å². The Hall–Kier alpha value is -1.29. The second-order valence-corrected chi connectivity index (χ2v) is 5.65. The Labute approximate surface area is 112 Å². The fourth-order valence-corrected chi connectivity index (χ4v) is 2.52. The maximum absolute atomic E-state index is 11.8. The van der Waals surface area contributed by atoms with Crippen molar-refractivity contribution in [3.8, 4) is 0 Å². The minimum atomic E-state index is 0.0658. The molecule has 1 aromatic rings. The predicted octanol–water partition coefficient (Wildman–Crippen LogP) is 2.60. The van der Waals surface area contributed by atoms with Gasteiger partial charge < -0.3 is 4.90 Å². The first-order valence-corrected chi connectivity index (χ1v) is 7.06. The molecule has 2 rings (SSSR count). The van der Waals surface area contributed by atoms with Gasteiger partial charge in [0.15, 0.2) is 5.78 Å². The molecule has 0 radical (unpaired) electrons. The number of hydrogen-bond donors (Lipinski definition) is 0. The van der Waals surface area contributed by atoms with Gasteiger partial charge in [0, 0.05) is 23.5 Å². The molecule has 0 spiro atoms. The van der Waals surface area contributed by atoms with Crippen LogP contribution in [0.4, 0.5) is 0 Å². The summed E-state index contributed by atoms with van der Waals surface area (Å²) in [7, 11) is 1.87. The molecule has 0 N–H and O–H groups in total. The Kier molecular flexibility index (Phi) is 4.07. The molecular formula is C14H17NO2S. The Morgan fingerprint density at radius 3 is 2.39 bits per heavy atom. The molecule has 0 atom stereocenters. The van der Waals surface area contributed by atoms with Gasteiger partial charge in [-0.15, -0.1) is 11.8 Å². The molecule has 0 heterocycles. The van der Waals surface area contributed by atoms with Crippen LogP contribution in [0.1, 0.15) is 30.1 Å². The molecule has 0 saturated heterocycles. The fraction of sp³-hybridized carbons (Fsp3) is 0.429. The maximum Gasteiger partial charge on any atom is 0.232 e. The maximum atomic E-state index is 11.8. The van der Waals surface area contributed by atoms with E-state index in [0.717, 1.165) is 17.7 Å². The summed E-state index contributed by atoms with van der Waals surface area (Å²) in [6.45, 7) is 1.55. The lowest BCUT2D eigenvalue weighted by Gasteiger charge is -2.15. The summed E-state index contributed by atoms with van der Waals surface area (Å²) < 4.78 is 0. The van der Waals surface area contributed by atoms with Gasteiger partial charge in [-0.05, 0) is 31.9 Å². The number of hydrogen-bond acceptors (Lipinski definition) is 3. The second kappa shape index (κ2) is 5.57. The van der Waals surface area contributed by atoms with Crippen molar-refractivity contribution in [2.45, 2.75) is 30.7 Å². The smallest absolute Gasteiger partial charge is 0.232 e.